The highest BCUT2D eigenvalue weighted by Crippen LogP contribution is 2.30. The highest BCUT2D eigenvalue weighted by atomic mass is 79.9. The molecule has 0 fully saturated rings. The lowest BCUT2D eigenvalue weighted by Gasteiger charge is -2.18. The number of hydrogen-bond donors (Lipinski definition) is 2. The van der Waals surface area contributed by atoms with Crippen LogP contribution in [0, 0.1) is 0 Å². The molecule has 1 atom stereocenters. The van der Waals surface area contributed by atoms with Gasteiger partial charge in [-0.05, 0) is 22.0 Å². The minimum Gasteiger partial charge on any atom is -0.271 e. The Balaban J connectivity index is 2.22. The molecule has 0 saturated carbocycles. The molecule has 0 amide bonds. The van der Waals surface area contributed by atoms with Crippen molar-refractivity contribution in [2.75, 3.05) is 0 Å². The van der Waals surface area contributed by atoms with E-state index in [4.69, 9.17) is 5.84 Å². The summed E-state index contributed by atoms with van der Waals surface area (Å²) in [7, 11) is 1.89. The number of aryl methyl sites for hydroxylation is 1. The molecule has 102 valence electrons. The highest BCUT2D eigenvalue weighted by Gasteiger charge is 2.21. The van der Waals surface area contributed by atoms with E-state index < -0.39 is 0 Å². The Morgan fingerprint density at radius 2 is 2.10 bits per heavy atom. The van der Waals surface area contributed by atoms with Crippen molar-refractivity contribution in [1.29, 1.82) is 0 Å². The molecule has 0 saturated heterocycles. The second-order valence-corrected chi connectivity index (χ2v) is 5.38. The number of aromatic nitrogens is 3. The van der Waals surface area contributed by atoms with E-state index in [2.05, 4.69) is 31.4 Å². The molecule has 1 aromatic carbocycles. The van der Waals surface area contributed by atoms with Crippen LogP contribution in [0.1, 0.15) is 17.3 Å². The van der Waals surface area contributed by atoms with E-state index in [0.29, 0.717) is 0 Å². The van der Waals surface area contributed by atoms with Crippen molar-refractivity contribution in [2.45, 2.75) is 6.04 Å². The average molecular weight is 332 g/mol. The van der Waals surface area contributed by atoms with Gasteiger partial charge in [0, 0.05) is 24.2 Å². The molecule has 0 radical (unpaired) electrons. The monoisotopic (exact) mass is 331 g/mol. The number of para-hydroxylation sites is 1. The molecule has 0 spiro atoms. The molecule has 0 aliphatic rings. The van der Waals surface area contributed by atoms with Gasteiger partial charge in [0.25, 0.3) is 0 Å². The summed E-state index contributed by atoms with van der Waals surface area (Å²) in [6.45, 7) is 0. The molecule has 3 rings (SSSR count). The van der Waals surface area contributed by atoms with Gasteiger partial charge in [0.1, 0.15) is 0 Å². The number of hydrazine groups is 1. The zero-order valence-electron chi connectivity index (χ0n) is 10.9. The third kappa shape index (κ3) is 2.11. The Bertz CT molecular complexity index is 727. The van der Waals surface area contributed by atoms with E-state index in [1.807, 2.05) is 37.4 Å². The lowest BCUT2D eigenvalue weighted by molar-refractivity contribution is 0.575. The van der Waals surface area contributed by atoms with Gasteiger partial charge in [-0.15, -0.1) is 0 Å². The summed E-state index contributed by atoms with van der Waals surface area (Å²) in [5.74, 6) is 5.79. The predicted octanol–water partition coefficient (Wildman–Crippen LogP) is 2.28. The number of benzene rings is 1. The first-order valence-corrected chi connectivity index (χ1v) is 6.99. The van der Waals surface area contributed by atoms with Crippen molar-refractivity contribution in [3.05, 3.63) is 58.5 Å². The summed E-state index contributed by atoms with van der Waals surface area (Å²) < 4.78 is 2.71. The lowest BCUT2D eigenvalue weighted by Crippen LogP contribution is -2.31. The standard InChI is InChI=1S/C14H14BrN5/c1-20-14(11(15)8-18-20)13(19-16)10-6-2-4-9-5-3-7-17-12(9)10/h2-8,13,19H,16H2,1H3. The largest absolute Gasteiger partial charge is 0.271 e. The fourth-order valence-corrected chi connectivity index (χ4v) is 3.00. The number of nitrogens with one attached hydrogen (secondary N) is 1. The van der Waals surface area contributed by atoms with Crippen LogP contribution < -0.4 is 11.3 Å². The van der Waals surface area contributed by atoms with E-state index in [0.717, 1.165) is 26.6 Å². The fourth-order valence-electron chi connectivity index (χ4n) is 2.42. The van der Waals surface area contributed by atoms with Gasteiger partial charge in [0.05, 0.1) is 27.9 Å². The van der Waals surface area contributed by atoms with Crippen LogP contribution in [0.5, 0.6) is 0 Å². The first-order valence-electron chi connectivity index (χ1n) is 6.19. The zero-order chi connectivity index (χ0) is 14.1. The van der Waals surface area contributed by atoms with Crippen molar-refractivity contribution in [3.8, 4) is 0 Å². The Morgan fingerprint density at radius 3 is 2.80 bits per heavy atom. The normalized spacial score (nSPS) is 12.8. The second-order valence-electron chi connectivity index (χ2n) is 4.52. The number of halogens is 1. The summed E-state index contributed by atoms with van der Waals surface area (Å²) in [6.07, 6.45) is 3.55. The van der Waals surface area contributed by atoms with Crippen LogP contribution in [0.25, 0.3) is 10.9 Å². The minimum absolute atomic E-state index is 0.185. The fraction of sp³-hybridized carbons (Fsp3) is 0.143. The molecule has 20 heavy (non-hydrogen) atoms. The van der Waals surface area contributed by atoms with Crippen molar-refractivity contribution in [3.63, 3.8) is 0 Å². The smallest absolute Gasteiger partial charge is 0.0910 e. The Morgan fingerprint density at radius 1 is 1.30 bits per heavy atom. The van der Waals surface area contributed by atoms with E-state index in [1.165, 1.54) is 0 Å². The molecular formula is C14H14BrN5. The molecule has 1 unspecified atom stereocenters. The molecule has 5 nitrogen and oxygen atoms in total. The maximum absolute atomic E-state index is 5.79. The molecular weight excluding hydrogens is 318 g/mol. The van der Waals surface area contributed by atoms with Crippen molar-refractivity contribution in [1.82, 2.24) is 20.2 Å². The molecule has 2 aromatic heterocycles. The second kappa shape index (κ2) is 5.32. The van der Waals surface area contributed by atoms with Crippen LogP contribution in [0.4, 0.5) is 0 Å². The van der Waals surface area contributed by atoms with E-state index in [9.17, 15) is 0 Å². The summed E-state index contributed by atoms with van der Waals surface area (Å²) in [5, 5.41) is 5.33. The van der Waals surface area contributed by atoms with Crippen molar-refractivity contribution >= 4 is 26.8 Å². The molecule has 3 aromatic rings. The van der Waals surface area contributed by atoms with Crippen LogP contribution in [-0.2, 0) is 7.05 Å². The number of hydrogen-bond acceptors (Lipinski definition) is 4. The minimum atomic E-state index is -0.185. The van der Waals surface area contributed by atoms with E-state index in [1.54, 1.807) is 17.1 Å². The summed E-state index contributed by atoms with van der Waals surface area (Å²) in [4.78, 5) is 4.48. The van der Waals surface area contributed by atoms with Gasteiger partial charge >= 0.3 is 0 Å². The van der Waals surface area contributed by atoms with Crippen LogP contribution in [0.2, 0.25) is 0 Å². The number of nitrogens with zero attached hydrogens (tertiary/aromatic N) is 3. The van der Waals surface area contributed by atoms with E-state index >= 15 is 0 Å². The van der Waals surface area contributed by atoms with Crippen LogP contribution in [-0.4, -0.2) is 14.8 Å². The third-order valence-electron chi connectivity index (χ3n) is 3.35. The van der Waals surface area contributed by atoms with Crippen LogP contribution in [0.15, 0.2) is 47.2 Å². The summed E-state index contributed by atoms with van der Waals surface area (Å²) in [6, 6.07) is 9.86. The molecule has 6 heteroatoms. The maximum atomic E-state index is 5.79. The zero-order valence-corrected chi connectivity index (χ0v) is 12.5. The highest BCUT2D eigenvalue weighted by molar-refractivity contribution is 9.10. The topological polar surface area (TPSA) is 68.8 Å². The van der Waals surface area contributed by atoms with Gasteiger partial charge < -0.3 is 0 Å². The number of pyridine rings is 1. The SMILES string of the molecule is Cn1ncc(Br)c1C(NN)c1cccc2cccnc12. The van der Waals surface area contributed by atoms with Crippen LogP contribution >= 0.6 is 15.9 Å². The predicted molar refractivity (Wildman–Crippen MR) is 81.8 cm³/mol. The Labute approximate surface area is 124 Å². The third-order valence-corrected chi connectivity index (χ3v) is 3.96. The first kappa shape index (κ1) is 13.2. The van der Waals surface area contributed by atoms with Gasteiger partial charge in [0.15, 0.2) is 0 Å². The molecule has 0 aliphatic carbocycles. The molecule has 0 bridgehead atoms. The van der Waals surface area contributed by atoms with Gasteiger partial charge in [0.2, 0.25) is 0 Å². The number of nitrogens with two attached hydrogens (primary N) is 1. The maximum Gasteiger partial charge on any atom is 0.0910 e. The molecule has 0 aliphatic heterocycles. The van der Waals surface area contributed by atoms with Crippen LogP contribution in [0.3, 0.4) is 0 Å². The number of fused-ring (bicyclic) bond motifs is 1. The van der Waals surface area contributed by atoms with Gasteiger partial charge in [-0.25, -0.2) is 5.43 Å². The molecule has 2 heterocycles. The Kier molecular flexibility index (Phi) is 3.52. The number of rotatable bonds is 3. The quantitative estimate of drug-likeness (QED) is 0.570. The summed E-state index contributed by atoms with van der Waals surface area (Å²) >= 11 is 3.52. The summed E-state index contributed by atoms with van der Waals surface area (Å²) in [5.41, 5.74) is 5.79. The van der Waals surface area contributed by atoms with Crippen molar-refractivity contribution in [2.24, 2.45) is 12.9 Å². The molecule has 3 N–H and O–H groups in total. The lowest BCUT2D eigenvalue weighted by atomic mass is 10.0. The van der Waals surface area contributed by atoms with Gasteiger partial charge in [-0.2, -0.15) is 5.10 Å². The van der Waals surface area contributed by atoms with Gasteiger partial charge in [-0.3, -0.25) is 15.5 Å². The van der Waals surface area contributed by atoms with E-state index in [-0.39, 0.29) is 6.04 Å². The van der Waals surface area contributed by atoms with Gasteiger partial charge in [-0.1, -0.05) is 24.3 Å². The average Bonchev–Trinajstić information content (AvgIpc) is 2.81. The first-order chi connectivity index (χ1) is 9.72. The Hall–Kier alpha value is -1.76. The van der Waals surface area contributed by atoms with Crippen molar-refractivity contribution < 1.29 is 0 Å².